The van der Waals surface area contributed by atoms with Gasteiger partial charge in [0.2, 0.25) is 0 Å². The largest absolute Gasteiger partial charge is 0.279 e. The summed E-state index contributed by atoms with van der Waals surface area (Å²) in [5.41, 5.74) is 0.695. The SMILES string of the molecule is O=c1c2ccccc2cnn1-c1ccc(I)cc1. The highest BCUT2D eigenvalue weighted by atomic mass is 127. The van der Waals surface area contributed by atoms with Gasteiger partial charge in [0.15, 0.2) is 0 Å². The molecular formula is C14H9IN2O. The first kappa shape index (κ1) is 11.4. The van der Waals surface area contributed by atoms with Crippen LogP contribution in [0.5, 0.6) is 0 Å². The molecule has 88 valence electrons. The average molecular weight is 348 g/mol. The molecule has 2 aromatic carbocycles. The van der Waals surface area contributed by atoms with E-state index < -0.39 is 0 Å². The molecule has 0 radical (unpaired) electrons. The van der Waals surface area contributed by atoms with E-state index in [1.165, 1.54) is 4.68 Å². The lowest BCUT2D eigenvalue weighted by atomic mass is 10.2. The molecule has 0 aliphatic rings. The maximum atomic E-state index is 12.3. The minimum Gasteiger partial charge on any atom is -0.267 e. The standard InChI is InChI=1S/C14H9IN2O/c15-11-5-7-12(8-6-11)17-14(18)13-4-2-1-3-10(13)9-16-17/h1-9H. The van der Waals surface area contributed by atoms with Crippen molar-refractivity contribution in [3.05, 3.63) is 68.7 Å². The van der Waals surface area contributed by atoms with E-state index in [0.29, 0.717) is 5.39 Å². The Kier molecular flexibility index (Phi) is 2.87. The van der Waals surface area contributed by atoms with Crippen molar-refractivity contribution in [3.63, 3.8) is 0 Å². The highest BCUT2D eigenvalue weighted by Gasteiger charge is 2.04. The molecule has 0 unspecified atom stereocenters. The summed E-state index contributed by atoms with van der Waals surface area (Å²) in [5.74, 6) is 0. The van der Waals surface area contributed by atoms with Crippen LogP contribution in [0.2, 0.25) is 0 Å². The summed E-state index contributed by atoms with van der Waals surface area (Å²) in [4.78, 5) is 12.3. The Bertz CT molecular complexity index is 763. The van der Waals surface area contributed by atoms with Gasteiger partial charge in [0.25, 0.3) is 5.56 Å². The Morgan fingerprint density at radius 3 is 2.50 bits per heavy atom. The minimum atomic E-state index is -0.0886. The van der Waals surface area contributed by atoms with Gasteiger partial charge < -0.3 is 0 Å². The average Bonchev–Trinajstić information content (AvgIpc) is 2.41. The molecule has 0 saturated heterocycles. The first-order chi connectivity index (χ1) is 8.75. The highest BCUT2D eigenvalue weighted by molar-refractivity contribution is 14.1. The fourth-order valence-electron chi connectivity index (χ4n) is 1.86. The maximum Gasteiger partial charge on any atom is 0.279 e. The normalized spacial score (nSPS) is 10.7. The molecule has 0 spiro atoms. The van der Waals surface area contributed by atoms with E-state index in [1.807, 2.05) is 48.5 Å². The molecule has 0 aliphatic heterocycles. The van der Waals surface area contributed by atoms with Gasteiger partial charge in [0, 0.05) is 8.96 Å². The van der Waals surface area contributed by atoms with Gasteiger partial charge in [-0.1, -0.05) is 18.2 Å². The predicted molar refractivity (Wildman–Crippen MR) is 80.1 cm³/mol. The summed E-state index contributed by atoms with van der Waals surface area (Å²) in [7, 11) is 0. The van der Waals surface area contributed by atoms with Crippen LogP contribution in [0.1, 0.15) is 0 Å². The van der Waals surface area contributed by atoms with Crippen LogP contribution in [0.3, 0.4) is 0 Å². The number of rotatable bonds is 1. The quantitative estimate of drug-likeness (QED) is 0.634. The Balaban J connectivity index is 2.27. The van der Waals surface area contributed by atoms with Crippen LogP contribution in [0.4, 0.5) is 0 Å². The molecule has 0 N–H and O–H groups in total. The summed E-state index contributed by atoms with van der Waals surface area (Å²) >= 11 is 2.23. The molecule has 3 rings (SSSR count). The van der Waals surface area contributed by atoms with Crippen molar-refractivity contribution in [2.24, 2.45) is 0 Å². The van der Waals surface area contributed by atoms with E-state index in [-0.39, 0.29) is 5.56 Å². The van der Waals surface area contributed by atoms with Crippen molar-refractivity contribution in [2.75, 3.05) is 0 Å². The van der Waals surface area contributed by atoms with E-state index in [2.05, 4.69) is 27.7 Å². The molecule has 1 aromatic heterocycles. The van der Waals surface area contributed by atoms with Crippen LogP contribution in [-0.4, -0.2) is 9.78 Å². The number of halogens is 1. The molecular weight excluding hydrogens is 339 g/mol. The second kappa shape index (κ2) is 4.53. The number of nitrogens with zero attached hydrogens (tertiary/aromatic N) is 2. The molecule has 4 heteroatoms. The van der Waals surface area contributed by atoms with Crippen molar-refractivity contribution in [1.29, 1.82) is 0 Å². The number of fused-ring (bicyclic) bond motifs is 1. The zero-order valence-electron chi connectivity index (χ0n) is 9.38. The fraction of sp³-hybridized carbons (Fsp3) is 0. The van der Waals surface area contributed by atoms with E-state index in [1.54, 1.807) is 6.20 Å². The molecule has 0 aliphatic carbocycles. The second-order valence-corrected chi connectivity index (χ2v) is 5.17. The van der Waals surface area contributed by atoms with Crippen molar-refractivity contribution >= 4 is 33.4 Å². The van der Waals surface area contributed by atoms with Crippen molar-refractivity contribution in [2.45, 2.75) is 0 Å². The lowest BCUT2D eigenvalue weighted by molar-refractivity contribution is 0.821. The van der Waals surface area contributed by atoms with Crippen LogP contribution in [0, 0.1) is 3.57 Å². The Morgan fingerprint density at radius 2 is 1.72 bits per heavy atom. The van der Waals surface area contributed by atoms with Gasteiger partial charge in [-0.3, -0.25) is 4.79 Å². The van der Waals surface area contributed by atoms with Crippen LogP contribution in [0.15, 0.2) is 59.5 Å². The highest BCUT2D eigenvalue weighted by Crippen LogP contribution is 2.11. The zero-order chi connectivity index (χ0) is 12.5. The monoisotopic (exact) mass is 348 g/mol. The van der Waals surface area contributed by atoms with Gasteiger partial charge in [-0.25, -0.2) is 0 Å². The summed E-state index contributed by atoms with van der Waals surface area (Å²) in [5, 5.41) is 5.76. The van der Waals surface area contributed by atoms with E-state index >= 15 is 0 Å². The number of aromatic nitrogens is 2. The maximum absolute atomic E-state index is 12.3. The third kappa shape index (κ3) is 1.92. The molecule has 18 heavy (non-hydrogen) atoms. The lowest BCUT2D eigenvalue weighted by Gasteiger charge is -2.05. The predicted octanol–water partition coefficient (Wildman–Crippen LogP) is 2.99. The topological polar surface area (TPSA) is 34.9 Å². The third-order valence-corrected chi connectivity index (χ3v) is 3.49. The van der Waals surface area contributed by atoms with E-state index in [0.717, 1.165) is 14.6 Å². The third-order valence-electron chi connectivity index (χ3n) is 2.77. The summed E-state index contributed by atoms with van der Waals surface area (Å²) in [6, 6.07) is 15.2. The Hall–Kier alpha value is -1.69. The number of benzene rings is 2. The van der Waals surface area contributed by atoms with Gasteiger partial charge in [0.05, 0.1) is 17.3 Å². The van der Waals surface area contributed by atoms with Crippen molar-refractivity contribution in [3.8, 4) is 5.69 Å². The van der Waals surface area contributed by atoms with E-state index in [9.17, 15) is 4.79 Å². The molecule has 1 heterocycles. The minimum absolute atomic E-state index is 0.0886. The molecule has 0 amide bonds. The molecule has 3 aromatic rings. The number of hydrogen-bond acceptors (Lipinski definition) is 2. The fourth-order valence-corrected chi connectivity index (χ4v) is 2.22. The van der Waals surface area contributed by atoms with Gasteiger partial charge in [-0.15, -0.1) is 0 Å². The summed E-state index contributed by atoms with van der Waals surface area (Å²) < 4.78 is 2.56. The molecule has 3 nitrogen and oxygen atoms in total. The first-order valence-electron chi connectivity index (χ1n) is 5.49. The smallest absolute Gasteiger partial charge is 0.267 e. The van der Waals surface area contributed by atoms with Gasteiger partial charge in [-0.05, 0) is 52.9 Å². The van der Waals surface area contributed by atoms with Gasteiger partial charge in [-0.2, -0.15) is 9.78 Å². The lowest BCUT2D eigenvalue weighted by Crippen LogP contribution is -2.20. The van der Waals surface area contributed by atoms with Crippen molar-refractivity contribution < 1.29 is 0 Å². The molecule has 0 bridgehead atoms. The Labute approximate surface area is 117 Å². The van der Waals surface area contributed by atoms with Crippen LogP contribution >= 0.6 is 22.6 Å². The van der Waals surface area contributed by atoms with Crippen LogP contribution in [0.25, 0.3) is 16.5 Å². The first-order valence-corrected chi connectivity index (χ1v) is 6.56. The molecule has 0 saturated carbocycles. The van der Waals surface area contributed by atoms with Crippen LogP contribution in [-0.2, 0) is 0 Å². The van der Waals surface area contributed by atoms with Gasteiger partial charge >= 0.3 is 0 Å². The van der Waals surface area contributed by atoms with E-state index in [4.69, 9.17) is 0 Å². The molecule has 0 atom stereocenters. The van der Waals surface area contributed by atoms with Crippen molar-refractivity contribution in [1.82, 2.24) is 9.78 Å². The second-order valence-electron chi connectivity index (χ2n) is 3.93. The molecule has 0 fully saturated rings. The Morgan fingerprint density at radius 1 is 1.00 bits per heavy atom. The zero-order valence-corrected chi connectivity index (χ0v) is 11.5. The van der Waals surface area contributed by atoms with Crippen LogP contribution < -0.4 is 5.56 Å². The van der Waals surface area contributed by atoms with Gasteiger partial charge in [0.1, 0.15) is 0 Å². The number of hydrogen-bond donors (Lipinski definition) is 0. The summed E-state index contributed by atoms with van der Waals surface area (Å²) in [6.07, 6.45) is 1.72. The summed E-state index contributed by atoms with van der Waals surface area (Å²) in [6.45, 7) is 0.